The van der Waals surface area contributed by atoms with Gasteiger partial charge in [-0.2, -0.15) is 0 Å². The number of nitrogens with one attached hydrogen (secondary N) is 4. The third-order valence-electron chi connectivity index (χ3n) is 3.40. The van der Waals surface area contributed by atoms with Crippen molar-refractivity contribution < 1.29 is 9.18 Å². The number of nitrogens with zero attached hydrogens (tertiary/aromatic N) is 3. The number of carbonyl (C=O) groups is 1. The maximum absolute atomic E-state index is 12.8. The van der Waals surface area contributed by atoms with Gasteiger partial charge >= 0.3 is 6.03 Å². The first-order valence-corrected chi connectivity index (χ1v) is 8.25. The fourth-order valence-corrected chi connectivity index (χ4v) is 2.14. The molecule has 4 N–H and O–H groups in total. The zero-order valence-corrected chi connectivity index (χ0v) is 14.3. The molecule has 3 rings (SSSR count). The number of hydrogen-bond donors (Lipinski definition) is 4. The van der Waals surface area contributed by atoms with Gasteiger partial charge in [-0.25, -0.2) is 14.2 Å². The molecule has 0 saturated heterocycles. The van der Waals surface area contributed by atoms with Crippen molar-refractivity contribution in [2.75, 3.05) is 29.0 Å². The standard InChI is InChI=1S/C18H18FN7O/c19-13-4-6-14(7-5-13)23-18(27)22-12-11-21-16-8-9-17(26-25-16)24-15-3-1-2-10-20-15/h1-10H,11-12H2,(H,21,25)(H,20,24,26)(H2,22,23,27). The van der Waals surface area contributed by atoms with Gasteiger partial charge in [-0.3, -0.25) is 0 Å². The third kappa shape index (κ3) is 5.92. The van der Waals surface area contributed by atoms with Crippen LogP contribution in [0.3, 0.4) is 0 Å². The third-order valence-corrected chi connectivity index (χ3v) is 3.40. The van der Waals surface area contributed by atoms with E-state index < -0.39 is 0 Å². The molecule has 1 aromatic carbocycles. The van der Waals surface area contributed by atoms with Gasteiger partial charge in [-0.05, 0) is 48.5 Å². The van der Waals surface area contributed by atoms with E-state index in [1.807, 2.05) is 18.2 Å². The molecular formula is C18H18FN7O. The van der Waals surface area contributed by atoms with Crippen molar-refractivity contribution in [3.05, 3.63) is 66.6 Å². The van der Waals surface area contributed by atoms with Gasteiger partial charge in [0.05, 0.1) is 0 Å². The first-order valence-electron chi connectivity index (χ1n) is 8.25. The summed E-state index contributed by atoms with van der Waals surface area (Å²) in [6.07, 6.45) is 1.69. The van der Waals surface area contributed by atoms with Gasteiger partial charge < -0.3 is 21.3 Å². The molecule has 9 heteroatoms. The van der Waals surface area contributed by atoms with Crippen LogP contribution in [0.15, 0.2) is 60.8 Å². The Bertz CT molecular complexity index is 857. The highest BCUT2D eigenvalue weighted by Gasteiger charge is 2.02. The van der Waals surface area contributed by atoms with Crippen molar-refractivity contribution in [1.29, 1.82) is 0 Å². The SMILES string of the molecule is O=C(NCCNc1ccc(Nc2ccccn2)nn1)Nc1ccc(F)cc1. The van der Waals surface area contributed by atoms with Gasteiger partial charge in [0.1, 0.15) is 17.5 Å². The number of urea groups is 1. The second kappa shape index (κ2) is 9.09. The Kier molecular flexibility index (Phi) is 6.08. The van der Waals surface area contributed by atoms with Crippen molar-refractivity contribution >= 4 is 29.2 Å². The van der Waals surface area contributed by atoms with Crippen molar-refractivity contribution in [3.63, 3.8) is 0 Å². The average Bonchev–Trinajstić information content (AvgIpc) is 2.69. The van der Waals surface area contributed by atoms with Crippen LogP contribution >= 0.6 is 0 Å². The number of hydrogen-bond acceptors (Lipinski definition) is 6. The summed E-state index contributed by atoms with van der Waals surface area (Å²) < 4.78 is 12.8. The highest BCUT2D eigenvalue weighted by Crippen LogP contribution is 2.11. The molecule has 2 amide bonds. The first-order chi connectivity index (χ1) is 13.2. The van der Waals surface area contributed by atoms with E-state index in [2.05, 4.69) is 36.4 Å². The van der Waals surface area contributed by atoms with E-state index >= 15 is 0 Å². The summed E-state index contributed by atoms with van der Waals surface area (Å²) >= 11 is 0. The Morgan fingerprint density at radius 3 is 2.37 bits per heavy atom. The monoisotopic (exact) mass is 367 g/mol. The van der Waals surface area contributed by atoms with Crippen molar-refractivity contribution in [1.82, 2.24) is 20.5 Å². The lowest BCUT2D eigenvalue weighted by Gasteiger charge is -2.09. The molecule has 0 aliphatic carbocycles. The Hall–Kier alpha value is -3.75. The molecule has 0 unspecified atom stereocenters. The Balaban J connectivity index is 1.37. The van der Waals surface area contributed by atoms with E-state index in [0.29, 0.717) is 36.2 Å². The molecule has 0 aliphatic rings. The maximum Gasteiger partial charge on any atom is 0.319 e. The smallest absolute Gasteiger partial charge is 0.319 e. The van der Waals surface area contributed by atoms with Gasteiger partial charge in [0.15, 0.2) is 5.82 Å². The number of rotatable bonds is 7. The second-order valence-corrected chi connectivity index (χ2v) is 5.46. The molecule has 0 radical (unpaired) electrons. The largest absolute Gasteiger partial charge is 0.367 e. The van der Waals surface area contributed by atoms with Crippen LogP contribution in [0.5, 0.6) is 0 Å². The minimum atomic E-state index is -0.371. The van der Waals surface area contributed by atoms with Crippen molar-refractivity contribution in [3.8, 4) is 0 Å². The molecule has 3 aromatic rings. The normalized spacial score (nSPS) is 10.1. The van der Waals surface area contributed by atoms with E-state index in [1.165, 1.54) is 24.3 Å². The van der Waals surface area contributed by atoms with Crippen LogP contribution in [0.2, 0.25) is 0 Å². The number of aromatic nitrogens is 3. The quantitative estimate of drug-likeness (QED) is 0.479. The molecule has 8 nitrogen and oxygen atoms in total. The summed E-state index contributed by atoms with van der Waals surface area (Å²) in [6, 6.07) is 14.3. The Morgan fingerprint density at radius 2 is 1.67 bits per heavy atom. The van der Waals surface area contributed by atoms with Crippen LogP contribution in [0.1, 0.15) is 0 Å². The summed E-state index contributed by atoms with van der Waals surface area (Å²) in [7, 11) is 0. The maximum atomic E-state index is 12.8. The van der Waals surface area contributed by atoms with Gasteiger partial charge in [-0.15, -0.1) is 10.2 Å². The molecule has 27 heavy (non-hydrogen) atoms. The van der Waals surface area contributed by atoms with Gasteiger partial charge in [-0.1, -0.05) is 6.07 Å². The van der Waals surface area contributed by atoms with Crippen LogP contribution in [0.25, 0.3) is 0 Å². The lowest BCUT2D eigenvalue weighted by Crippen LogP contribution is -2.32. The fourth-order valence-electron chi connectivity index (χ4n) is 2.14. The minimum absolute atomic E-state index is 0.354. The van der Waals surface area contributed by atoms with E-state index in [0.717, 1.165) is 0 Å². The van der Waals surface area contributed by atoms with E-state index in [9.17, 15) is 9.18 Å². The fraction of sp³-hybridized carbons (Fsp3) is 0.111. The Labute approximate surface area is 155 Å². The van der Waals surface area contributed by atoms with E-state index in [4.69, 9.17) is 0 Å². The first kappa shape index (κ1) is 18.1. The van der Waals surface area contributed by atoms with Gasteiger partial charge in [0, 0.05) is 25.0 Å². The zero-order valence-electron chi connectivity index (χ0n) is 14.3. The van der Waals surface area contributed by atoms with Crippen molar-refractivity contribution in [2.45, 2.75) is 0 Å². The summed E-state index contributed by atoms with van der Waals surface area (Å²) in [5.74, 6) is 1.50. The number of halogens is 1. The molecule has 0 spiro atoms. The topological polar surface area (TPSA) is 104 Å². The molecule has 0 atom stereocenters. The van der Waals surface area contributed by atoms with Gasteiger partial charge in [0.25, 0.3) is 0 Å². The number of carbonyl (C=O) groups excluding carboxylic acids is 1. The van der Waals surface area contributed by atoms with Crippen LogP contribution in [0, 0.1) is 5.82 Å². The lowest BCUT2D eigenvalue weighted by atomic mass is 10.3. The molecule has 2 aromatic heterocycles. The lowest BCUT2D eigenvalue weighted by molar-refractivity contribution is 0.252. The highest BCUT2D eigenvalue weighted by atomic mass is 19.1. The molecule has 2 heterocycles. The molecule has 0 bridgehead atoms. The predicted molar refractivity (Wildman–Crippen MR) is 101 cm³/mol. The molecule has 0 saturated carbocycles. The highest BCUT2D eigenvalue weighted by molar-refractivity contribution is 5.89. The molecule has 138 valence electrons. The number of benzene rings is 1. The van der Waals surface area contributed by atoms with Gasteiger partial charge in [0.2, 0.25) is 0 Å². The Morgan fingerprint density at radius 1 is 0.889 bits per heavy atom. The van der Waals surface area contributed by atoms with Crippen LogP contribution in [-0.2, 0) is 0 Å². The van der Waals surface area contributed by atoms with Crippen LogP contribution in [0.4, 0.5) is 32.3 Å². The average molecular weight is 367 g/mol. The number of anilines is 4. The zero-order chi connectivity index (χ0) is 18.9. The summed E-state index contributed by atoms with van der Waals surface area (Å²) in [5.41, 5.74) is 0.517. The number of amides is 2. The molecule has 0 aliphatic heterocycles. The summed E-state index contributed by atoms with van der Waals surface area (Å²) in [6.45, 7) is 0.848. The molecular weight excluding hydrogens is 349 g/mol. The predicted octanol–water partition coefficient (Wildman–Crippen LogP) is 2.99. The second-order valence-electron chi connectivity index (χ2n) is 5.46. The molecule has 0 fully saturated rings. The minimum Gasteiger partial charge on any atom is -0.367 e. The van der Waals surface area contributed by atoms with Crippen LogP contribution in [-0.4, -0.2) is 34.3 Å². The summed E-state index contributed by atoms with van der Waals surface area (Å²) in [5, 5.41) is 19.5. The summed E-state index contributed by atoms with van der Waals surface area (Å²) in [4.78, 5) is 15.9. The van der Waals surface area contributed by atoms with E-state index in [-0.39, 0.29) is 11.8 Å². The number of pyridine rings is 1. The van der Waals surface area contributed by atoms with E-state index in [1.54, 1.807) is 18.3 Å². The van der Waals surface area contributed by atoms with Crippen molar-refractivity contribution in [2.24, 2.45) is 0 Å². The van der Waals surface area contributed by atoms with Crippen LogP contribution < -0.4 is 21.3 Å².